The molecule has 2 fully saturated rings. The minimum Gasteiger partial charge on any atom is -0.454 e. The van der Waals surface area contributed by atoms with Crippen LogP contribution in [0, 0.1) is 0 Å². The average Bonchev–Trinajstić information content (AvgIpc) is 3.35. The number of hydrogen-bond donors (Lipinski definition) is 1. The number of nitrogens with zero attached hydrogens (tertiary/aromatic N) is 2. The smallest absolute Gasteiger partial charge is 0.410 e. The van der Waals surface area contributed by atoms with Gasteiger partial charge in [0.2, 0.25) is 6.79 Å². The van der Waals surface area contributed by atoms with Crippen LogP contribution in [0.25, 0.3) is 11.1 Å². The van der Waals surface area contributed by atoms with Crippen LogP contribution in [0.3, 0.4) is 0 Å². The first kappa shape index (κ1) is 25.9. The molecule has 200 valence electrons. The molecule has 1 atom stereocenters. The molecule has 2 aromatic rings. The molecule has 37 heavy (non-hydrogen) atoms. The highest BCUT2D eigenvalue weighted by Gasteiger charge is 2.37. The molecule has 1 saturated carbocycles. The molecule has 2 aliphatic heterocycles. The molecular weight excluding hydrogens is 468 g/mol. The quantitative estimate of drug-likeness (QED) is 0.554. The molecule has 0 spiro atoms. The topological polar surface area (TPSA) is 71.5 Å². The first-order chi connectivity index (χ1) is 17.7. The largest absolute Gasteiger partial charge is 0.454 e. The van der Waals surface area contributed by atoms with E-state index in [0.717, 1.165) is 61.4 Å². The van der Waals surface area contributed by atoms with Crippen LogP contribution in [0.1, 0.15) is 70.9 Å². The molecule has 1 saturated heterocycles. The van der Waals surface area contributed by atoms with Gasteiger partial charge >= 0.3 is 6.09 Å². The number of amides is 1. The maximum Gasteiger partial charge on any atom is 0.410 e. The van der Waals surface area contributed by atoms with Crippen molar-refractivity contribution < 1.29 is 24.1 Å². The number of ether oxygens (including phenoxy) is 3. The fourth-order valence-corrected chi connectivity index (χ4v) is 5.87. The van der Waals surface area contributed by atoms with E-state index in [0.29, 0.717) is 19.5 Å². The van der Waals surface area contributed by atoms with E-state index in [9.17, 15) is 9.90 Å². The van der Waals surface area contributed by atoms with Crippen molar-refractivity contribution in [3.63, 3.8) is 0 Å². The standard InChI is InChI=1S/C30H40N2O5/c1-29(2,3)37-28(33)32-17-15-31(16-18-32)25(20-30(34)13-7-4-8-14-30)24-10-6-5-9-23(24)22-11-12-26-27(19-22)36-21-35-26/h5-6,9-12,19,25,34H,4,7-8,13-18,20-21H2,1-3H3. The molecule has 1 unspecified atom stereocenters. The third-order valence-corrected chi connectivity index (χ3v) is 7.77. The summed E-state index contributed by atoms with van der Waals surface area (Å²) >= 11 is 0. The van der Waals surface area contributed by atoms with E-state index in [1.807, 2.05) is 32.9 Å². The molecule has 0 radical (unpaired) electrons. The highest BCUT2D eigenvalue weighted by molar-refractivity contribution is 5.71. The number of rotatable bonds is 5. The Bertz CT molecular complexity index is 1100. The Labute approximate surface area is 220 Å². The van der Waals surface area contributed by atoms with E-state index in [-0.39, 0.29) is 18.9 Å². The summed E-state index contributed by atoms with van der Waals surface area (Å²) in [6.07, 6.45) is 5.44. The number of fused-ring (bicyclic) bond motifs is 1. The molecule has 1 N–H and O–H groups in total. The van der Waals surface area contributed by atoms with Gasteiger partial charge in [-0.3, -0.25) is 4.90 Å². The Morgan fingerprint density at radius 2 is 1.70 bits per heavy atom. The SMILES string of the molecule is CC(C)(C)OC(=O)N1CCN(C(CC2(O)CCCCC2)c2ccccc2-c2ccc3c(c2)OCO3)CC1. The minimum atomic E-state index is -0.673. The maximum absolute atomic E-state index is 12.7. The lowest BCUT2D eigenvalue weighted by Gasteiger charge is -2.44. The second-order valence-corrected chi connectivity index (χ2v) is 11.7. The van der Waals surface area contributed by atoms with Gasteiger partial charge in [0.15, 0.2) is 11.5 Å². The lowest BCUT2D eigenvalue weighted by molar-refractivity contribution is -0.0366. The van der Waals surface area contributed by atoms with Gasteiger partial charge in [0, 0.05) is 32.2 Å². The summed E-state index contributed by atoms with van der Waals surface area (Å²) in [7, 11) is 0. The van der Waals surface area contributed by atoms with Crippen molar-refractivity contribution >= 4 is 6.09 Å². The van der Waals surface area contributed by atoms with E-state index >= 15 is 0 Å². The molecule has 2 aromatic carbocycles. The number of carbonyl (C=O) groups excluding carboxylic acids is 1. The van der Waals surface area contributed by atoms with E-state index in [1.165, 1.54) is 12.0 Å². The van der Waals surface area contributed by atoms with Crippen molar-refractivity contribution in [3.05, 3.63) is 48.0 Å². The third kappa shape index (κ3) is 6.04. The summed E-state index contributed by atoms with van der Waals surface area (Å²) in [5, 5.41) is 11.6. The van der Waals surface area contributed by atoms with Crippen molar-refractivity contribution in [1.29, 1.82) is 0 Å². The van der Waals surface area contributed by atoms with Crippen molar-refractivity contribution in [3.8, 4) is 22.6 Å². The van der Waals surface area contributed by atoms with Gasteiger partial charge in [-0.05, 0) is 68.9 Å². The van der Waals surface area contributed by atoms with E-state index in [4.69, 9.17) is 14.2 Å². The maximum atomic E-state index is 12.7. The highest BCUT2D eigenvalue weighted by atomic mass is 16.7. The van der Waals surface area contributed by atoms with E-state index < -0.39 is 11.2 Å². The zero-order chi connectivity index (χ0) is 26.0. The van der Waals surface area contributed by atoms with Gasteiger partial charge in [0.1, 0.15) is 5.60 Å². The summed E-state index contributed by atoms with van der Waals surface area (Å²) in [5.74, 6) is 1.54. The monoisotopic (exact) mass is 508 g/mol. The van der Waals surface area contributed by atoms with Crippen LogP contribution >= 0.6 is 0 Å². The van der Waals surface area contributed by atoms with Gasteiger partial charge in [-0.1, -0.05) is 49.6 Å². The zero-order valence-electron chi connectivity index (χ0n) is 22.4. The average molecular weight is 509 g/mol. The van der Waals surface area contributed by atoms with Gasteiger partial charge in [-0.2, -0.15) is 0 Å². The normalized spacial score (nSPS) is 20.5. The number of carbonyl (C=O) groups is 1. The van der Waals surface area contributed by atoms with E-state index in [2.05, 4.69) is 35.2 Å². The van der Waals surface area contributed by atoms with Crippen LogP contribution in [-0.4, -0.2) is 65.2 Å². The molecule has 0 bridgehead atoms. The third-order valence-electron chi connectivity index (χ3n) is 7.77. The lowest BCUT2D eigenvalue weighted by atomic mass is 9.78. The first-order valence-electron chi connectivity index (χ1n) is 13.6. The fraction of sp³-hybridized carbons (Fsp3) is 0.567. The Kier molecular flexibility index (Phi) is 7.37. The molecule has 0 aromatic heterocycles. The van der Waals surface area contributed by atoms with Crippen molar-refractivity contribution in [2.75, 3.05) is 33.0 Å². The Morgan fingerprint density at radius 1 is 1.00 bits per heavy atom. The second kappa shape index (κ2) is 10.5. The molecule has 1 amide bonds. The lowest BCUT2D eigenvalue weighted by Crippen LogP contribution is -2.52. The highest BCUT2D eigenvalue weighted by Crippen LogP contribution is 2.43. The van der Waals surface area contributed by atoms with Crippen molar-refractivity contribution in [1.82, 2.24) is 9.80 Å². The van der Waals surface area contributed by atoms with Crippen LogP contribution in [0.5, 0.6) is 11.5 Å². The van der Waals surface area contributed by atoms with Gasteiger partial charge < -0.3 is 24.2 Å². The van der Waals surface area contributed by atoms with Gasteiger partial charge in [0.25, 0.3) is 0 Å². The molecule has 7 heteroatoms. The first-order valence-corrected chi connectivity index (χ1v) is 13.6. The van der Waals surface area contributed by atoms with Crippen LogP contribution < -0.4 is 9.47 Å². The summed E-state index contributed by atoms with van der Waals surface area (Å²) in [4.78, 5) is 16.9. The molecule has 7 nitrogen and oxygen atoms in total. The Morgan fingerprint density at radius 3 is 2.43 bits per heavy atom. The predicted molar refractivity (Wildman–Crippen MR) is 143 cm³/mol. The number of benzene rings is 2. The second-order valence-electron chi connectivity index (χ2n) is 11.7. The predicted octanol–water partition coefficient (Wildman–Crippen LogP) is 5.76. The van der Waals surface area contributed by atoms with Crippen molar-refractivity contribution in [2.45, 2.75) is 76.5 Å². The summed E-state index contributed by atoms with van der Waals surface area (Å²) in [6.45, 7) is 8.62. The molecular formula is C30H40N2O5. The Hall–Kier alpha value is -2.77. The van der Waals surface area contributed by atoms with E-state index in [1.54, 1.807) is 4.90 Å². The van der Waals surface area contributed by atoms with Crippen LogP contribution in [0.4, 0.5) is 4.79 Å². The summed E-state index contributed by atoms with van der Waals surface area (Å²) in [6, 6.07) is 14.6. The van der Waals surface area contributed by atoms with Gasteiger partial charge in [-0.25, -0.2) is 4.79 Å². The number of hydrogen-bond acceptors (Lipinski definition) is 6. The molecule has 2 heterocycles. The molecule has 3 aliphatic rings. The Balaban J connectivity index is 1.43. The molecule has 5 rings (SSSR count). The number of aliphatic hydroxyl groups is 1. The van der Waals surface area contributed by atoms with Crippen LogP contribution in [0.15, 0.2) is 42.5 Å². The van der Waals surface area contributed by atoms with Crippen LogP contribution in [0.2, 0.25) is 0 Å². The van der Waals surface area contributed by atoms with Gasteiger partial charge in [-0.15, -0.1) is 0 Å². The number of piperazine rings is 1. The molecule has 1 aliphatic carbocycles. The minimum absolute atomic E-state index is 0.0329. The summed E-state index contributed by atoms with van der Waals surface area (Å²) in [5.41, 5.74) is 2.23. The van der Waals surface area contributed by atoms with Crippen LogP contribution in [-0.2, 0) is 4.74 Å². The zero-order valence-corrected chi connectivity index (χ0v) is 22.4. The van der Waals surface area contributed by atoms with Gasteiger partial charge in [0.05, 0.1) is 5.60 Å². The summed E-state index contributed by atoms with van der Waals surface area (Å²) < 4.78 is 16.8. The van der Waals surface area contributed by atoms with Crippen molar-refractivity contribution in [2.24, 2.45) is 0 Å². The fourth-order valence-electron chi connectivity index (χ4n) is 5.87.